The van der Waals surface area contributed by atoms with E-state index in [-0.39, 0.29) is 11.3 Å². The first-order valence-corrected chi connectivity index (χ1v) is 9.74. The van der Waals surface area contributed by atoms with Gasteiger partial charge in [0.1, 0.15) is 5.75 Å². The topological polar surface area (TPSA) is 59.6 Å². The van der Waals surface area contributed by atoms with Crippen molar-refractivity contribution >= 4 is 5.91 Å². The second kappa shape index (κ2) is 9.93. The van der Waals surface area contributed by atoms with Crippen molar-refractivity contribution in [2.75, 3.05) is 33.4 Å². The zero-order valence-electron chi connectivity index (χ0n) is 16.6. The standard InChI is InChI=1S/C21H34N2O3/c1-5-18(26-19-9-7-6-8-17(19)16(2)3)20(24)23-14-21(15-25-4)10-12-22-13-11-21/h6-9,16,18,22H,5,10-15H2,1-4H3,(H,23,24). The molecule has 1 saturated heterocycles. The van der Waals surface area contributed by atoms with Gasteiger partial charge in [-0.25, -0.2) is 0 Å². The number of carbonyl (C=O) groups is 1. The molecule has 0 bridgehead atoms. The van der Waals surface area contributed by atoms with Gasteiger partial charge in [0, 0.05) is 19.1 Å². The van der Waals surface area contributed by atoms with E-state index < -0.39 is 6.10 Å². The van der Waals surface area contributed by atoms with Gasteiger partial charge in [0.25, 0.3) is 5.91 Å². The molecule has 1 atom stereocenters. The van der Waals surface area contributed by atoms with Crippen LogP contribution in [-0.2, 0) is 9.53 Å². The SMILES string of the molecule is CCC(Oc1ccccc1C(C)C)C(=O)NCC1(COC)CCNCC1. The molecule has 0 aliphatic carbocycles. The summed E-state index contributed by atoms with van der Waals surface area (Å²) in [5.74, 6) is 1.12. The second-order valence-electron chi connectivity index (χ2n) is 7.61. The van der Waals surface area contributed by atoms with Crippen LogP contribution in [0.3, 0.4) is 0 Å². The Bertz CT molecular complexity index is 563. The number of benzene rings is 1. The molecule has 1 aliphatic heterocycles. The minimum Gasteiger partial charge on any atom is -0.480 e. The summed E-state index contributed by atoms with van der Waals surface area (Å²) < 4.78 is 11.5. The highest BCUT2D eigenvalue weighted by molar-refractivity contribution is 5.81. The Labute approximate surface area is 157 Å². The lowest BCUT2D eigenvalue weighted by Gasteiger charge is -2.37. The van der Waals surface area contributed by atoms with Gasteiger partial charge >= 0.3 is 0 Å². The summed E-state index contributed by atoms with van der Waals surface area (Å²) in [7, 11) is 1.73. The molecule has 5 nitrogen and oxygen atoms in total. The zero-order chi connectivity index (χ0) is 19.0. The van der Waals surface area contributed by atoms with Crippen molar-refractivity contribution in [1.29, 1.82) is 0 Å². The van der Waals surface area contributed by atoms with Gasteiger partial charge in [0.05, 0.1) is 6.61 Å². The number of methoxy groups -OCH3 is 1. The first-order chi connectivity index (χ1) is 12.5. The number of nitrogens with one attached hydrogen (secondary N) is 2. The predicted molar refractivity (Wildman–Crippen MR) is 105 cm³/mol. The molecule has 1 unspecified atom stereocenters. The number of amides is 1. The Morgan fingerprint density at radius 3 is 2.58 bits per heavy atom. The van der Waals surface area contributed by atoms with Crippen LogP contribution in [-0.4, -0.2) is 45.4 Å². The Balaban J connectivity index is 2.00. The van der Waals surface area contributed by atoms with E-state index >= 15 is 0 Å². The lowest BCUT2D eigenvalue weighted by atomic mass is 9.79. The normalized spacial score (nSPS) is 17.7. The van der Waals surface area contributed by atoms with E-state index in [0.717, 1.165) is 37.2 Å². The van der Waals surface area contributed by atoms with Crippen LogP contribution < -0.4 is 15.4 Å². The van der Waals surface area contributed by atoms with Gasteiger partial charge in [-0.3, -0.25) is 4.79 Å². The molecule has 0 saturated carbocycles. The molecule has 2 rings (SSSR count). The second-order valence-corrected chi connectivity index (χ2v) is 7.61. The molecule has 1 aliphatic rings. The maximum atomic E-state index is 12.8. The van der Waals surface area contributed by atoms with Crippen LogP contribution in [0.4, 0.5) is 0 Å². The Hall–Kier alpha value is -1.59. The molecular weight excluding hydrogens is 328 g/mol. The molecule has 1 fully saturated rings. The van der Waals surface area contributed by atoms with Crippen LogP contribution in [0, 0.1) is 5.41 Å². The fourth-order valence-electron chi connectivity index (χ4n) is 3.56. The monoisotopic (exact) mass is 362 g/mol. The van der Waals surface area contributed by atoms with E-state index in [0.29, 0.717) is 25.5 Å². The fourth-order valence-corrected chi connectivity index (χ4v) is 3.56. The average molecular weight is 363 g/mol. The Morgan fingerprint density at radius 1 is 1.27 bits per heavy atom. The molecular formula is C21H34N2O3. The smallest absolute Gasteiger partial charge is 0.261 e. The number of carbonyl (C=O) groups excluding carboxylic acids is 1. The van der Waals surface area contributed by atoms with Crippen molar-refractivity contribution in [3.8, 4) is 5.75 Å². The summed E-state index contributed by atoms with van der Waals surface area (Å²) in [4.78, 5) is 12.8. The van der Waals surface area contributed by atoms with E-state index in [1.165, 1.54) is 0 Å². The first-order valence-electron chi connectivity index (χ1n) is 9.74. The van der Waals surface area contributed by atoms with Gasteiger partial charge in [-0.15, -0.1) is 0 Å². The number of hydrogen-bond donors (Lipinski definition) is 2. The van der Waals surface area contributed by atoms with Crippen molar-refractivity contribution in [2.45, 2.75) is 52.1 Å². The molecule has 1 aromatic carbocycles. The van der Waals surface area contributed by atoms with Gasteiger partial charge in [-0.1, -0.05) is 39.0 Å². The summed E-state index contributed by atoms with van der Waals surface area (Å²) in [5, 5.41) is 6.50. The maximum Gasteiger partial charge on any atom is 0.261 e. The van der Waals surface area contributed by atoms with Crippen molar-refractivity contribution in [2.24, 2.45) is 5.41 Å². The number of para-hydroxylation sites is 1. The minimum atomic E-state index is -0.476. The molecule has 0 radical (unpaired) electrons. The molecule has 0 spiro atoms. The maximum absolute atomic E-state index is 12.8. The summed E-state index contributed by atoms with van der Waals surface area (Å²) >= 11 is 0. The van der Waals surface area contributed by atoms with Crippen LogP contribution in [0.5, 0.6) is 5.75 Å². The molecule has 5 heteroatoms. The lowest BCUT2D eigenvalue weighted by Crippen LogP contribution is -2.49. The summed E-state index contributed by atoms with van der Waals surface area (Å²) in [6.45, 7) is 9.49. The third-order valence-corrected chi connectivity index (χ3v) is 5.23. The molecule has 146 valence electrons. The van der Waals surface area contributed by atoms with Crippen molar-refractivity contribution < 1.29 is 14.3 Å². The van der Waals surface area contributed by atoms with Crippen LogP contribution >= 0.6 is 0 Å². The summed E-state index contributed by atoms with van der Waals surface area (Å²) in [6, 6.07) is 7.97. The third kappa shape index (κ3) is 5.45. The largest absolute Gasteiger partial charge is 0.480 e. The van der Waals surface area contributed by atoms with E-state index in [9.17, 15) is 4.79 Å². The van der Waals surface area contributed by atoms with E-state index in [4.69, 9.17) is 9.47 Å². The first kappa shape index (κ1) is 20.7. The van der Waals surface area contributed by atoms with Gasteiger partial charge in [-0.2, -0.15) is 0 Å². The zero-order valence-corrected chi connectivity index (χ0v) is 16.6. The quantitative estimate of drug-likeness (QED) is 0.709. The number of piperidine rings is 1. The number of hydrogen-bond acceptors (Lipinski definition) is 4. The molecule has 0 aromatic heterocycles. The Kier molecular flexibility index (Phi) is 7.91. The van der Waals surface area contributed by atoms with Gasteiger partial charge in [-0.05, 0) is 49.9 Å². The molecule has 26 heavy (non-hydrogen) atoms. The van der Waals surface area contributed by atoms with Crippen molar-refractivity contribution in [1.82, 2.24) is 10.6 Å². The highest BCUT2D eigenvalue weighted by Crippen LogP contribution is 2.29. The van der Waals surface area contributed by atoms with Crippen LogP contribution in [0.25, 0.3) is 0 Å². The van der Waals surface area contributed by atoms with Crippen LogP contribution in [0.2, 0.25) is 0 Å². The van der Waals surface area contributed by atoms with Crippen molar-refractivity contribution in [3.05, 3.63) is 29.8 Å². The van der Waals surface area contributed by atoms with E-state index in [1.54, 1.807) is 7.11 Å². The highest BCUT2D eigenvalue weighted by atomic mass is 16.5. The van der Waals surface area contributed by atoms with Crippen LogP contribution in [0.15, 0.2) is 24.3 Å². The Morgan fingerprint density at radius 2 is 1.96 bits per heavy atom. The molecule has 1 aromatic rings. The average Bonchev–Trinajstić information content (AvgIpc) is 2.65. The molecule has 1 heterocycles. The fraction of sp³-hybridized carbons (Fsp3) is 0.667. The third-order valence-electron chi connectivity index (χ3n) is 5.23. The number of rotatable bonds is 9. The van der Waals surface area contributed by atoms with E-state index in [1.807, 2.05) is 25.1 Å². The van der Waals surface area contributed by atoms with Crippen molar-refractivity contribution in [3.63, 3.8) is 0 Å². The van der Waals surface area contributed by atoms with Gasteiger partial charge in [0.15, 0.2) is 6.10 Å². The predicted octanol–water partition coefficient (Wildman–Crippen LogP) is 3.10. The van der Waals surface area contributed by atoms with Crippen LogP contribution in [0.1, 0.15) is 51.5 Å². The van der Waals surface area contributed by atoms with Gasteiger partial charge < -0.3 is 20.1 Å². The summed E-state index contributed by atoms with van der Waals surface area (Å²) in [6.07, 6.45) is 2.18. The molecule has 2 N–H and O–H groups in total. The summed E-state index contributed by atoms with van der Waals surface area (Å²) in [5.41, 5.74) is 1.15. The lowest BCUT2D eigenvalue weighted by molar-refractivity contribution is -0.129. The highest BCUT2D eigenvalue weighted by Gasteiger charge is 2.33. The van der Waals surface area contributed by atoms with Gasteiger partial charge in [0.2, 0.25) is 0 Å². The van der Waals surface area contributed by atoms with E-state index in [2.05, 4.69) is 30.5 Å². The molecule has 1 amide bonds. The number of ether oxygens (including phenoxy) is 2. The minimum absolute atomic E-state index is 0.0177.